The Labute approximate surface area is 182 Å². The molecule has 31 heavy (non-hydrogen) atoms. The molecule has 1 aliphatic heterocycles. The van der Waals surface area contributed by atoms with Gasteiger partial charge in [-0.15, -0.1) is 0 Å². The molecule has 2 aromatic carbocycles. The predicted molar refractivity (Wildman–Crippen MR) is 118 cm³/mol. The Hall–Kier alpha value is -3.59. The monoisotopic (exact) mass is 433 g/mol. The van der Waals surface area contributed by atoms with Crippen LogP contribution in [-0.4, -0.2) is 44.6 Å². The maximum absolute atomic E-state index is 12.5. The SMILES string of the molecule is Cc1ccccc1-n1ncc2c(SCC(=O)Nc3ccc4c(c3)OCCO4)ncnc21. The van der Waals surface area contributed by atoms with Gasteiger partial charge in [-0.25, -0.2) is 14.6 Å². The summed E-state index contributed by atoms with van der Waals surface area (Å²) in [6.45, 7) is 3.06. The van der Waals surface area contributed by atoms with Gasteiger partial charge in [0.2, 0.25) is 5.91 Å². The molecule has 0 aliphatic carbocycles. The van der Waals surface area contributed by atoms with Crippen molar-refractivity contribution in [3.8, 4) is 17.2 Å². The van der Waals surface area contributed by atoms with Crippen molar-refractivity contribution in [3.05, 3.63) is 60.6 Å². The summed E-state index contributed by atoms with van der Waals surface area (Å²) in [7, 11) is 0. The van der Waals surface area contributed by atoms with E-state index < -0.39 is 0 Å². The lowest BCUT2D eigenvalue weighted by molar-refractivity contribution is -0.113. The fourth-order valence-electron chi connectivity index (χ4n) is 3.37. The summed E-state index contributed by atoms with van der Waals surface area (Å²) >= 11 is 1.35. The Balaban J connectivity index is 1.31. The van der Waals surface area contributed by atoms with Crippen molar-refractivity contribution >= 4 is 34.4 Å². The van der Waals surface area contributed by atoms with E-state index in [-0.39, 0.29) is 11.7 Å². The third-order valence-corrected chi connectivity index (χ3v) is 5.84. The molecule has 1 N–H and O–H groups in total. The maximum Gasteiger partial charge on any atom is 0.234 e. The minimum Gasteiger partial charge on any atom is -0.486 e. The van der Waals surface area contributed by atoms with Crippen LogP contribution in [0.2, 0.25) is 0 Å². The molecule has 0 fully saturated rings. The van der Waals surface area contributed by atoms with Crippen LogP contribution in [0.5, 0.6) is 11.5 Å². The van der Waals surface area contributed by atoms with Crippen molar-refractivity contribution < 1.29 is 14.3 Å². The lowest BCUT2D eigenvalue weighted by Crippen LogP contribution is -2.17. The van der Waals surface area contributed by atoms with E-state index in [0.29, 0.717) is 41.1 Å². The van der Waals surface area contributed by atoms with Crippen LogP contribution in [0.1, 0.15) is 5.56 Å². The highest BCUT2D eigenvalue weighted by molar-refractivity contribution is 8.00. The van der Waals surface area contributed by atoms with Crippen LogP contribution in [0.15, 0.2) is 60.0 Å². The van der Waals surface area contributed by atoms with Gasteiger partial charge in [0.15, 0.2) is 17.1 Å². The molecule has 0 unspecified atom stereocenters. The fourth-order valence-corrected chi connectivity index (χ4v) is 4.13. The number of benzene rings is 2. The van der Waals surface area contributed by atoms with Gasteiger partial charge in [-0.05, 0) is 30.7 Å². The van der Waals surface area contributed by atoms with Gasteiger partial charge >= 0.3 is 0 Å². The van der Waals surface area contributed by atoms with E-state index in [1.807, 2.05) is 31.2 Å². The highest BCUT2D eigenvalue weighted by Crippen LogP contribution is 2.33. The van der Waals surface area contributed by atoms with Crippen LogP contribution < -0.4 is 14.8 Å². The summed E-state index contributed by atoms with van der Waals surface area (Å²) in [5.41, 5.74) is 3.43. The third kappa shape index (κ3) is 3.91. The Morgan fingerprint density at radius 3 is 2.84 bits per heavy atom. The second-order valence-electron chi connectivity index (χ2n) is 6.95. The number of carbonyl (C=O) groups is 1. The number of fused-ring (bicyclic) bond motifs is 2. The Morgan fingerprint density at radius 2 is 1.97 bits per heavy atom. The van der Waals surface area contributed by atoms with E-state index in [2.05, 4.69) is 20.4 Å². The summed E-state index contributed by atoms with van der Waals surface area (Å²) in [6.07, 6.45) is 3.24. The highest BCUT2D eigenvalue weighted by atomic mass is 32.2. The van der Waals surface area contributed by atoms with Crippen LogP contribution in [-0.2, 0) is 4.79 Å². The molecule has 0 spiro atoms. The molecule has 3 heterocycles. The van der Waals surface area contributed by atoms with Crippen molar-refractivity contribution in [2.24, 2.45) is 0 Å². The first kappa shape index (κ1) is 19.4. The number of hydrogen-bond acceptors (Lipinski definition) is 7. The van der Waals surface area contributed by atoms with E-state index in [1.54, 1.807) is 29.1 Å². The van der Waals surface area contributed by atoms with Crippen LogP contribution in [0.3, 0.4) is 0 Å². The number of carbonyl (C=O) groups excluding carboxylic acids is 1. The molecular formula is C22H19N5O3S. The highest BCUT2D eigenvalue weighted by Gasteiger charge is 2.15. The molecule has 0 radical (unpaired) electrons. The average Bonchev–Trinajstić information content (AvgIpc) is 3.22. The van der Waals surface area contributed by atoms with Crippen molar-refractivity contribution in [1.29, 1.82) is 0 Å². The number of nitrogens with zero attached hydrogens (tertiary/aromatic N) is 4. The van der Waals surface area contributed by atoms with Crippen molar-refractivity contribution in [3.63, 3.8) is 0 Å². The molecule has 8 nitrogen and oxygen atoms in total. The number of amides is 1. The molecule has 0 atom stereocenters. The number of para-hydroxylation sites is 1. The molecule has 0 saturated heterocycles. The molecule has 1 amide bonds. The number of hydrogen-bond donors (Lipinski definition) is 1. The number of ether oxygens (including phenoxy) is 2. The van der Waals surface area contributed by atoms with Gasteiger partial charge in [0.1, 0.15) is 24.6 Å². The minimum absolute atomic E-state index is 0.139. The lowest BCUT2D eigenvalue weighted by Gasteiger charge is -2.19. The van der Waals surface area contributed by atoms with E-state index in [9.17, 15) is 4.79 Å². The standard InChI is InChI=1S/C22H19N5O3S/c1-14-4-2-3-5-17(14)27-21-16(11-25-27)22(24-13-23-21)31-12-20(28)26-15-6-7-18-19(10-15)30-9-8-29-18/h2-7,10-11,13H,8-9,12H2,1H3,(H,26,28). The van der Waals surface area contributed by atoms with Gasteiger partial charge in [0, 0.05) is 11.8 Å². The molecule has 9 heteroatoms. The zero-order chi connectivity index (χ0) is 21.2. The van der Waals surface area contributed by atoms with Crippen molar-refractivity contribution in [2.45, 2.75) is 11.9 Å². The molecular weight excluding hydrogens is 414 g/mol. The van der Waals surface area contributed by atoms with Crippen molar-refractivity contribution in [2.75, 3.05) is 24.3 Å². The van der Waals surface area contributed by atoms with E-state index in [0.717, 1.165) is 16.6 Å². The Kier molecular flexibility index (Phi) is 5.17. The first-order chi connectivity index (χ1) is 15.2. The average molecular weight is 433 g/mol. The number of rotatable bonds is 5. The molecule has 0 bridgehead atoms. The van der Waals surface area contributed by atoms with Crippen LogP contribution in [0, 0.1) is 6.92 Å². The normalized spacial score (nSPS) is 12.7. The quantitative estimate of drug-likeness (QED) is 0.380. The summed E-state index contributed by atoms with van der Waals surface area (Å²) < 4.78 is 12.9. The second kappa shape index (κ2) is 8.27. The summed E-state index contributed by atoms with van der Waals surface area (Å²) in [5, 5.41) is 8.91. The fraction of sp³-hybridized carbons (Fsp3) is 0.182. The number of anilines is 1. The molecule has 2 aromatic heterocycles. The number of aromatic nitrogens is 4. The second-order valence-corrected chi connectivity index (χ2v) is 7.92. The Morgan fingerprint density at radius 1 is 1.13 bits per heavy atom. The summed E-state index contributed by atoms with van der Waals surface area (Å²) in [4.78, 5) is 21.3. The van der Waals surface area contributed by atoms with Gasteiger partial charge < -0.3 is 14.8 Å². The zero-order valence-electron chi connectivity index (χ0n) is 16.7. The molecule has 5 rings (SSSR count). The van der Waals surface area contributed by atoms with Gasteiger partial charge in [-0.1, -0.05) is 30.0 Å². The molecule has 156 valence electrons. The van der Waals surface area contributed by atoms with Crippen LogP contribution in [0.25, 0.3) is 16.7 Å². The maximum atomic E-state index is 12.5. The predicted octanol–water partition coefficient (Wildman–Crippen LogP) is 3.63. The first-order valence-corrected chi connectivity index (χ1v) is 10.7. The summed E-state index contributed by atoms with van der Waals surface area (Å²) in [5.74, 6) is 1.39. The number of aryl methyl sites for hydroxylation is 1. The van der Waals surface area contributed by atoms with Gasteiger partial charge in [-0.2, -0.15) is 5.10 Å². The minimum atomic E-state index is -0.139. The summed E-state index contributed by atoms with van der Waals surface area (Å²) in [6, 6.07) is 13.3. The van der Waals surface area contributed by atoms with E-state index in [1.165, 1.54) is 18.1 Å². The first-order valence-electron chi connectivity index (χ1n) is 9.76. The molecule has 0 saturated carbocycles. The smallest absolute Gasteiger partial charge is 0.234 e. The zero-order valence-corrected chi connectivity index (χ0v) is 17.6. The van der Waals surface area contributed by atoms with Crippen molar-refractivity contribution in [1.82, 2.24) is 19.7 Å². The largest absolute Gasteiger partial charge is 0.486 e. The van der Waals surface area contributed by atoms with Crippen LogP contribution >= 0.6 is 11.8 Å². The molecule has 1 aliphatic rings. The number of thioether (sulfide) groups is 1. The van der Waals surface area contributed by atoms with E-state index >= 15 is 0 Å². The Bertz CT molecular complexity index is 1270. The van der Waals surface area contributed by atoms with Gasteiger partial charge in [0.25, 0.3) is 0 Å². The third-order valence-electron chi connectivity index (χ3n) is 4.84. The number of nitrogens with one attached hydrogen (secondary N) is 1. The molecule has 4 aromatic rings. The van der Waals surface area contributed by atoms with Gasteiger partial charge in [-0.3, -0.25) is 4.79 Å². The van der Waals surface area contributed by atoms with Gasteiger partial charge in [0.05, 0.1) is 23.0 Å². The van der Waals surface area contributed by atoms with Crippen LogP contribution in [0.4, 0.5) is 5.69 Å². The topological polar surface area (TPSA) is 91.2 Å². The van der Waals surface area contributed by atoms with E-state index in [4.69, 9.17) is 9.47 Å². The lowest BCUT2D eigenvalue weighted by atomic mass is 10.2.